The smallest absolute Gasteiger partial charge is 0.0181 e. The molecule has 0 radical (unpaired) electrons. The summed E-state index contributed by atoms with van der Waals surface area (Å²) in [6, 6.07) is 0. The first-order chi connectivity index (χ1) is 3.79. The van der Waals surface area contributed by atoms with Crippen LogP contribution >= 0.6 is 11.8 Å². The molecule has 1 aliphatic rings. The first-order valence-corrected chi connectivity index (χ1v) is 3.87. The second kappa shape index (κ2) is 2.40. The van der Waals surface area contributed by atoms with Crippen LogP contribution in [0.5, 0.6) is 0 Å². The van der Waals surface area contributed by atoms with Gasteiger partial charge in [0.15, 0.2) is 0 Å². The summed E-state index contributed by atoms with van der Waals surface area (Å²) in [7, 11) is 0. The van der Waals surface area contributed by atoms with E-state index < -0.39 is 0 Å². The van der Waals surface area contributed by atoms with Crippen molar-refractivity contribution in [1.29, 1.82) is 0 Å². The highest BCUT2D eigenvalue weighted by Gasteiger charge is 1.99. The topological polar surface area (TPSA) is 0 Å². The minimum absolute atomic E-state index is 1.12. The number of hydrogen-bond donors (Lipinski definition) is 0. The van der Waals surface area contributed by atoms with Gasteiger partial charge in [0.05, 0.1) is 0 Å². The Hall–Kier alpha value is -0.170. The van der Waals surface area contributed by atoms with E-state index in [-0.39, 0.29) is 0 Å². The molecule has 0 fully saturated rings. The minimum Gasteiger partial charge on any atom is -0.153 e. The molecule has 0 N–H and O–H groups in total. The normalized spacial score (nSPS) is 20.6. The van der Waals surface area contributed by atoms with E-state index in [1.807, 2.05) is 11.8 Å². The van der Waals surface area contributed by atoms with Crippen molar-refractivity contribution >= 4 is 11.8 Å². The maximum absolute atomic E-state index is 3.87. The van der Waals surface area contributed by atoms with Gasteiger partial charge < -0.3 is 0 Å². The quantitative estimate of drug-likeness (QED) is 0.479. The number of rotatable bonds is 0. The van der Waals surface area contributed by atoms with E-state index in [0.29, 0.717) is 0 Å². The molecule has 0 aromatic heterocycles. The van der Waals surface area contributed by atoms with Crippen LogP contribution in [0, 0.1) is 0 Å². The summed E-state index contributed by atoms with van der Waals surface area (Å²) in [5, 5.41) is 0. The van der Waals surface area contributed by atoms with Crippen LogP contribution in [0.1, 0.15) is 6.92 Å². The summed E-state index contributed by atoms with van der Waals surface area (Å²) >= 11 is 1.94. The fourth-order valence-corrected chi connectivity index (χ4v) is 1.63. The third-order valence-corrected chi connectivity index (χ3v) is 2.30. The standard InChI is InChI=1S/C7H10S/c1-6-3-7(2)5-8-4-6/h3H,1,4-5H2,2H3. The summed E-state index contributed by atoms with van der Waals surface area (Å²) < 4.78 is 0. The van der Waals surface area contributed by atoms with Gasteiger partial charge in [-0.3, -0.25) is 0 Å². The van der Waals surface area contributed by atoms with Gasteiger partial charge in [0.1, 0.15) is 0 Å². The Morgan fingerprint density at radius 1 is 1.62 bits per heavy atom. The van der Waals surface area contributed by atoms with Gasteiger partial charge in [-0.2, -0.15) is 11.8 Å². The SMILES string of the molecule is C=C1C=C(C)CSC1. The van der Waals surface area contributed by atoms with Gasteiger partial charge in [0.2, 0.25) is 0 Å². The molecule has 0 saturated heterocycles. The van der Waals surface area contributed by atoms with E-state index in [1.54, 1.807) is 0 Å². The van der Waals surface area contributed by atoms with Crippen LogP contribution in [0.25, 0.3) is 0 Å². The molecule has 0 saturated carbocycles. The van der Waals surface area contributed by atoms with Gasteiger partial charge >= 0.3 is 0 Å². The Bertz CT molecular complexity index is 133. The van der Waals surface area contributed by atoms with Gasteiger partial charge in [0.25, 0.3) is 0 Å². The first kappa shape index (κ1) is 5.96. The lowest BCUT2D eigenvalue weighted by atomic mass is 10.2. The molecule has 0 bridgehead atoms. The van der Waals surface area contributed by atoms with E-state index in [9.17, 15) is 0 Å². The van der Waals surface area contributed by atoms with Crippen LogP contribution in [0.3, 0.4) is 0 Å². The average Bonchev–Trinajstić information content (AvgIpc) is 1.64. The highest BCUT2D eigenvalue weighted by molar-refractivity contribution is 7.99. The molecule has 0 nitrogen and oxygen atoms in total. The zero-order chi connectivity index (χ0) is 5.98. The van der Waals surface area contributed by atoms with Gasteiger partial charge in [-0.25, -0.2) is 0 Å². The molecule has 0 amide bonds. The Morgan fingerprint density at radius 2 is 2.38 bits per heavy atom. The van der Waals surface area contributed by atoms with Crippen molar-refractivity contribution in [2.45, 2.75) is 6.92 Å². The van der Waals surface area contributed by atoms with Gasteiger partial charge in [-0.1, -0.05) is 18.2 Å². The van der Waals surface area contributed by atoms with Gasteiger partial charge in [-0.05, 0) is 12.5 Å². The van der Waals surface area contributed by atoms with Crippen LogP contribution in [-0.4, -0.2) is 11.5 Å². The van der Waals surface area contributed by atoms with Crippen molar-refractivity contribution in [3.8, 4) is 0 Å². The highest BCUT2D eigenvalue weighted by atomic mass is 32.2. The molecule has 1 rings (SSSR count). The predicted octanol–water partition coefficient (Wildman–Crippen LogP) is 2.24. The van der Waals surface area contributed by atoms with Crippen molar-refractivity contribution in [1.82, 2.24) is 0 Å². The predicted molar refractivity (Wildman–Crippen MR) is 40.2 cm³/mol. The summed E-state index contributed by atoms with van der Waals surface area (Å²) in [5.41, 5.74) is 2.71. The molecule has 44 valence electrons. The van der Waals surface area contributed by atoms with Crippen molar-refractivity contribution in [2.75, 3.05) is 11.5 Å². The third kappa shape index (κ3) is 1.41. The molecule has 1 aliphatic heterocycles. The van der Waals surface area contributed by atoms with E-state index in [4.69, 9.17) is 0 Å². The van der Waals surface area contributed by atoms with Crippen LogP contribution in [0.2, 0.25) is 0 Å². The molecule has 0 aromatic rings. The van der Waals surface area contributed by atoms with Gasteiger partial charge in [-0.15, -0.1) is 0 Å². The summed E-state index contributed by atoms with van der Waals surface area (Å²) in [6.07, 6.45) is 2.18. The zero-order valence-electron chi connectivity index (χ0n) is 5.11. The lowest BCUT2D eigenvalue weighted by molar-refractivity contribution is 1.34. The third-order valence-electron chi connectivity index (χ3n) is 1.07. The van der Waals surface area contributed by atoms with E-state index in [1.165, 1.54) is 16.9 Å². The van der Waals surface area contributed by atoms with Crippen LogP contribution < -0.4 is 0 Å². The fourth-order valence-electron chi connectivity index (χ4n) is 0.775. The van der Waals surface area contributed by atoms with Gasteiger partial charge in [0, 0.05) is 11.5 Å². The first-order valence-electron chi connectivity index (χ1n) is 2.72. The summed E-state index contributed by atoms with van der Waals surface area (Å²) in [6.45, 7) is 6.02. The summed E-state index contributed by atoms with van der Waals surface area (Å²) in [4.78, 5) is 0. The maximum Gasteiger partial charge on any atom is 0.0181 e. The van der Waals surface area contributed by atoms with Crippen LogP contribution in [-0.2, 0) is 0 Å². The second-order valence-corrected chi connectivity index (χ2v) is 3.13. The maximum atomic E-state index is 3.87. The van der Waals surface area contributed by atoms with Crippen molar-refractivity contribution in [3.05, 3.63) is 23.8 Å². The van der Waals surface area contributed by atoms with Crippen LogP contribution in [0.15, 0.2) is 23.8 Å². The lowest BCUT2D eigenvalue weighted by Crippen LogP contribution is -1.94. The monoisotopic (exact) mass is 126 g/mol. The average molecular weight is 126 g/mol. The Kier molecular flexibility index (Phi) is 1.79. The highest BCUT2D eigenvalue weighted by Crippen LogP contribution is 2.18. The molecule has 1 heteroatoms. The van der Waals surface area contributed by atoms with Crippen molar-refractivity contribution in [2.24, 2.45) is 0 Å². The largest absolute Gasteiger partial charge is 0.153 e. The van der Waals surface area contributed by atoms with E-state index in [0.717, 1.165) is 5.75 Å². The molecule has 0 unspecified atom stereocenters. The number of hydrogen-bond acceptors (Lipinski definition) is 1. The molecule has 0 atom stereocenters. The molecule has 0 aliphatic carbocycles. The Labute approximate surface area is 54.7 Å². The molecular weight excluding hydrogens is 116 g/mol. The molecule has 8 heavy (non-hydrogen) atoms. The van der Waals surface area contributed by atoms with E-state index in [2.05, 4.69) is 19.6 Å². The molecule has 1 heterocycles. The number of thioether (sulfide) groups is 1. The zero-order valence-corrected chi connectivity index (χ0v) is 5.92. The molecule has 0 spiro atoms. The van der Waals surface area contributed by atoms with Crippen molar-refractivity contribution < 1.29 is 0 Å². The molecule has 0 aromatic carbocycles. The fraction of sp³-hybridized carbons (Fsp3) is 0.429. The lowest BCUT2D eigenvalue weighted by Gasteiger charge is -2.08. The minimum atomic E-state index is 1.12. The number of allylic oxidation sites excluding steroid dienone is 1. The Morgan fingerprint density at radius 3 is 2.75 bits per heavy atom. The van der Waals surface area contributed by atoms with E-state index >= 15 is 0 Å². The molecular formula is C7H10S. The van der Waals surface area contributed by atoms with Crippen molar-refractivity contribution in [3.63, 3.8) is 0 Å². The van der Waals surface area contributed by atoms with Crippen LogP contribution in [0.4, 0.5) is 0 Å². The Balaban J connectivity index is 2.64. The summed E-state index contributed by atoms with van der Waals surface area (Å²) in [5.74, 6) is 2.32. The second-order valence-electron chi connectivity index (χ2n) is 2.14.